The van der Waals surface area contributed by atoms with E-state index in [2.05, 4.69) is 64.2 Å². The highest BCUT2D eigenvalue weighted by atomic mass is 35.6. The van der Waals surface area contributed by atoms with Gasteiger partial charge in [-0.15, -0.1) is 0 Å². The number of alkyl halides is 3. The Balaban J connectivity index is 0.863. The molecule has 5 saturated heterocycles. The molecule has 5 aliphatic heterocycles. The third-order valence-corrected chi connectivity index (χ3v) is 19.5. The molecule has 20 heteroatoms. The van der Waals surface area contributed by atoms with Crippen LogP contribution in [0.4, 0.5) is 9.59 Å². The van der Waals surface area contributed by atoms with Crippen molar-refractivity contribution in [3.8, 4) is 11.1 Å². The number of alkyl carbamates (subject to hydrolysis) is 1. The maximum absolute atomic E-state index is 14.3. The molecule has 0 saturated carbocycles. The summed E-state index contributed by atoms with van der Waals surface area (Å²) in [7, 11) is 0. The van der Waals surface area contributed by atoms with Gasteiger partial charge in [0.15, 0.2) is 37.6 Å². The van der Waals surface area contributed by atoms with Crippen molar-refractivity contribution in [2.75, 3.05) is 19.8 Å². The molecule has 1 N–H and O–H groups in total. The van der Waals surface area contributed by atoms with Crippen LogP contribution in [0.1, 0.15) is 115 Å². The minimum atomic E-state index is -1.82. The van der Waals surface area contributed by atoms with Gasteiger partial charge in [0.1, 0.15) is 37.6 Å². The molecule has 9 unspecified atom stereocenters. The summed E-state index contributed by atoms with van der Waals surface area (Å²) in [6.07, 6.45) is -11.3. The van der Waals surface area contributed by atoms with Gasteiger partial charge in [0.2, 0.25) is 3.79 Å². The Kier molecular flexibility index (Phi) is 22.7. The van der Waals surface area contributed by atoms with Gasteiger partial charge in [0.05, 0.1) is 56.4 Å². The first-order valence-electron chi connectivity index (χ1n) is 32.2. The van der Waals surface area contributed by atoms with Crippen LogP contribution in [-0.2, 0) is 79.5 Å². The molecule has 5 aromatic carbocycles. The Morgan fingerprint density at radius 2 is 1.03 bits per heavy atom. The standard InChI is InChI=1S/C71H86Cl3NO16/c1-9-53-40(4)41(5)60(91-70(77)81-37-52-50-33-23-21-31-48(50)49-32-22-24-34-51(49)52)67(83-53)90-62-61-56(38-80-65(89-61)47-29-19-14-20-30-47)86-68(63(62)78-35-45-25-15-12-16-26-45)88-58-42(6)43(7)64(84-54(58)10-2)87-59-44(8)57(75-69(76)82-39-71(72,73)74)66(85-55(59)11-3)79-36-46-27-17-13-18-28-46/h12-34,40-44,52-68H,9-11,35-39H2,1-8H3,(H,75,76)/t40-,41-,42-,43?,44-,53?,54?,55?,56?,57?,58+,59+,60?,61-,62+,63?,64+,65?,66-,67+,68+/m1/s1. The van der Waals surface area contributed by atoms with E-state index < -0.39 is 121 Å². The lowest BCUT2D eigenvalue weighted by molar-refractivity contribution is -0.406. The molecule has 5 heterocycles. The fourth-order valence-electron chi connectivity index (χ4n) is 13.8. The van der Waals surface area contributed by atoms with Crippen LogP contribution in [0.2, 0.25) is 0 Å². The Hall–Kier alpha value is -4.93. The van der Waals surface area contributed by atoms with Gasteiger partial charge in [-0.3, -0.25) is 0 Å². The lowest BCUT2D eigenvalue weighted by Crippen LogP contribution is -2.67. The average molecular weight is 1320 g/mol. The van der Waals surface area contributed by atoms with Gasteiger partial charge in [0.25, 0.3) is 0 Å². The minimum absolute atomic E-state index is 0.0323. The van der Waals surface area contributed by atoms with Crippen LogP contribution in [-0.4, -0.2) is 128 Å². The van der Waals surface area contributed by atoms with Crippen LogP contribution in [0, 0.1) is 29.6 Å². The first-order valence-corrected chi connectivity index (χ1v) is 33.4. The predicted molar refractivity (Wildman–Crippen MR) is 341 cm³/mol. The molecular formula is C71H86Cl3NO16. The molecule has 0 spiro atoms. The normalized spacial score (nSPS) is 34.0. The largest absolute Gasteiger partial charge is 0.508 e. The smallest absolute Gasteiger partial charge is 0.445 e. The van der Waals surface area contributed by atoms with E-state index in [-0.39, 0.29) is 62.1 Å². The molecule has 0 aromatic heterocycles. The first kappa shape index (κ1) is 67.5. The van der Waals surface area contributed by atoms with Crippen molar-refractivity contribution in [3.05, 3.63) is 167 Å². The lowest BCUT2D eigenvalue weighted by Gasteiger charge is -2.53. The van der Waals surface area contributed by atoms with Crippen molar-refractivity contribution < 1.29 is 75.9 Å². The number of benzene rings is 5. The third-order valence-electron chi connectivity index (χ3n) is 19.2. The number of fused-ring (bicyclic) bond motifs is 4. The highest BCUT2D eigenvalue weighted by molar-refractivity contribution is 6.67. The van der Waals surface area contributed by atoms with Gasteiger partial charge in [0, 0.05) is 29.2 Å². The number of carbonyl (C=O) groups excluding carboxylic acids is 2. The van der Waals surface area contributed by atoms with E-state index in [9.17, 15) is 9.59 Å². The monoisotopic (exact) mass is 1310 g/mol. The van der Waals surface area contributed by atoms with Gasteiger partial charge in [-0.25, -0.2) is 9.59 Å². The van der Waals surface area contributed by atoms with Gasteiger partial charge in [-0.2, -0.15) is 0 Å². The summed E-state index contributed by atoms with van der Waals surface area (Å²) in [6, 6.07) is 45.0. The Morgan fingerprint density at radius 3 is 1.65 bits per heavy atom. The summed E-state index contributed by atoms with van der Waals surface area (Å²) in [6.45, 7) is 16.6. The number of rotatable bonds is 21. The van der Waals surface area contributed by atoms with Gasteiger partial charge in [-0.05, 0) is 64.5 Å². The van der Waals surface area contributed by atoms with E-state index in [0.29, 0.717) is 19.3 Å². The molecule has 91 heavy (non-hydrogen) atoms. The van der Waals surface area contributed by atoms with Gasteiger partial charge < -0.3 is 71.6 Å². The molecule has 0 radical (unpaired) electrons. The SMILES string of the molecule is CCC1O[C@@H](O[C@@H]2C(CC)O[C@@H](OCc3ccccc3)C(NC(=O)OCC(Cl)(Cl)Cl)[C@H]2C)C(C)[C@@H](C)[C@@H]1O[C@@H]1OC2COC(c3ccccc3)O[C@H]2[C@H](O[C@@H]2OC(CC)[C@H](C)[C@@H](C)C2OC(=O)OCC2c3ccccc3-c3ccccc32)C1OCc1ccccc1. The number of carbonyl (C=O) groups is 2. The van der Waals surface area contributed by atoms with Gasteiger partial charge in [-0.1, -0.05) is 230 Å². The van der Waals surface area contributed by atoms with Crippen molar-refractivity contribution in [2.24, 2.45) is 29.6 Å². The molecule has 0 bridgehead atoms. The third kappa shape index (κ3) is 15.7. The van der Waals surface area contributed by atoms with Crippen molar-refractivity contribution in [1.29, 1.82) is 0 Å². The van der Waals surface area contributed by atoms with Crippen molar-refractivity contribution in [2.45, 2.75) is 196 Å². The number of ether oxygens (including phenoxy) is 14. The Labute approximate surface area is 549 Å². The van der Waals surface area contributed by atoms with Crippen LogP contribution in [0.15, 0.2) is 140 Å². The molecule has 1 aliphatic carbocycles. The summed E-state index contributed by atoms with van der Waals surface area (Å²) < 4.78 is 92.9. The number of hydrogen-bond donors (Lipinski definition) is 1. The van der Waals surface area contributed by atoms with Crippen molar-refractivity contribution in [3.63, 3.8) is 0 Å². The second-order valence-electron chi connectivity index (χ2n) is 25.0. The molecule has 492 valence electrons. The second-order valence-corrected chi connectivity index (χ2v) is 27.5. The summed E-state index contributed by atoms with van der Waals surface area (Å²) in [5.41, 5.74) is 7.06. The predicted octanol–water partition coefficient (Wildman–Crippen LogP) is 14.2. The fraction of sp³-hybridized carbons (Fsp3) is 0.549. The Bertz CT molecular complexity index is 3080. The zero-order valence-electron chi connectivity index (χ0n) is 52.8. The average Bonchev–Trinajstić information content (AvgIpc) is 1.47. The fourth-order valence-corrected chi connectivity index (χ4v) is 13.9. The molecule has 1 amide bonds. The zero-order valence-corrected chi connectivity index (χ0v) is 55.1. The maximum atomic E-state index is 14.3. The van der Waals surface area contributed by atoms with E-state index in [4.69, 9.17) is 101 Å². The van der Waals surface area contributed by atoms with E-state index in [1.54, 1.807) is 0 Å². The van der Waals surface area contributed by atoms with Crippen LogP contribution in [0.25, 0.3) is 11.1 Å². The van der Waals surface area contributed by atoms with Crippen LogP contribution in [0.5, 0.6) is 0 Å². The minimum Gasteiger partial charge on any atom is -0.445 e. The zero-order chi connectivity index (χ0) is 63.9. The van der Waals surface area contributed by atoms with Crippen LogP contribution in [0.3, 0.4) is 0 Å². The summed E-state index contributed by atoms with van der Waals surface area (Å²) >= 11 is 17.9. The first-order chi connectivity index (χ1) is 44.0. The molecular weight excluding hydrogens is 1230 g/mol. The highest BCUT2D eigenvalue weighted by Crippen LogP contribution is 2.47. The lowest BCUT2D eigenvalue weighted by atomic mass is 9.82. The number of nitrogens with one attached hydrogen (secondary N) is 1. The summed E-state index contributed by atoms with van der Waals surface area (Å²) in [4.78, 5) is 27.7. The summed E-state index contributed by atoms with van der Waals surface area (Å²) in [5, 5.41) is 2.94. The van der Waals surface area contributed by atoms with Gasteiger partial charge >= 0.3 is 12.2 Å². The quantitative estimate of drug-likeness (QED) is 0.0542. The number of halogens is 3. The molecule has 5 fully saturated rings. The van der Waals surface area contributed by atoms with Crippen molar-refractivity contribution in [1.82, 2.24) is 5.32 Å². The van der Waals surface area contributed by atoms with E-state index in [0.717, 1.165) is 38.9 Å². The van der Waals surface area contributed by atoms with Crippen LogP contribution < -0.4 is 5.32 Å². The second kappa shape index (κ2) is 30.6. The Morgan fingerprint density at radius 1 is 0.516 bits per heavy atom. The maximum Gasteiger partial charge on any atom is 0.508 e. The number of amides is 1. The summed E-state index contributed by atoms with van der Waals surface area (Å²) in [5.74, 6) is -1.34. The van der Waals surface area contributed by atoms with E-state index in [1.807, 2.05) is 136 Å². The molecule has 6 aliphatic rings. The van der Waals surface area contributed by atoms with E-state index in [1.165, 1.54) is 0 Å². The molecule has 17 nitrogen and oxygen atoms in total. The topological polar surface area (TPSA) is 175 Å². The highest BCUT2D eigenvalue weighted by Gasteiger charge is 2.57. The van der Waals surface area contributed by atoms with E-state index >= 15 is 0 Å². The van der Waals surface area contributed by atoms with Crippen LogP contribution >= 0.6 is 34.8 Å². The molecule has 11 rings (SSSR count). The van der Waals surface area contributed by atoms with Crippen molar-refractivity contribution >= 4 is 47.1 Å². The molecule has 21 atom stereocenters. The number of hydrogen-bond acceptors (Lipinski definition) is 16. The molecule has 5 aromatic rings.